The predicted octanol–water partition coefficient (Wildman–Crippen LogP) is 3.42. The first-order chi connectivity index (χ1) is 13.2. The van der Waals surface area contributed by atoms with E-state index in [0.717, 1.165) is 60.8 Å². The minimum atomic E-state index is 0.0547. The van der Waals surface area contributed by atoms with Gasteiger partial charge in [0.1, 0.15) is 11.6 Å². The van der Waals surface area contributed by atoms with E-state index in [0.29, 0.717) is 0 Å². The van der Waals surface area contributed by atoms with Gasteiger partial charge >= 0.3 is 0 Å². The molecule has 0 bridgehead atoms. The van der Waals surface area contributed by atoms with Crippen LogP contribution in [0, 0.1) is 5.92 Å². The van der Waals surface area contributed by atoms with E-state index >= 15 is 0 Å². The van der Waals surface area contributed by atoms with Crippen molar-refractivity contribution in [1.82, 2.24) is 14.9 Å². The van der Waals surface area contributed by atoms with Gasteiger partial charge in [0.25, 0.3) is 0 Å². The Balaban J connectivity index is 1.29. The molecular formula is C21H24N4O2. The van der Waals surface area contributed by atoms with Crippen molar-refractivity contribution in [1.29, 1.82) is 0 Å². The fraction of sp³-hybridized carbons (Fsp3) is 0.333. The van der Waals surface area contributed by atoms with E-state index in [4.69, 9.17) is 4.74 Å². The number of likely N-dealkylation sites (tertiary alicyclic amines) is 1. The third-order valence-corrected chi connectivity index (χ3v) is 5.13. The highest BCUT2D eigenvalue weighted by molar-refractivity contribution is 5.92. The van der Waals surface area contributed by atoms with Crippen LogP contribution in [0.15, 0.2) is 48.5 Å². The number of rotatable bonds is 5. The lowest BCUT2D eigenvalue weighted by Crippen LogP contribution is -2.38. The van der Waals surface area contributed by atoms with E-state index in [9.17, 15) is 4.79 Å². The van der Waals surface area contributed by atoms with Crippen LogP contribution in [0.5, 0.6) is 5.75 Å². The topological polar surface area (TPSA) is 70.2 Å². The number of anilines is 1. The molecule has 0 radical (unpaired) electrons. The number of amides is 1. The number of piperidine rings is 1. The molecular weight excluding hydrogens is 340 g/mol. The Bertz CT molecular complexity index is 878. The summed E-state index contributed by atoms with van der Waals surface area (Å²) in [6.45, 7) is 2.59. The number of aromatic amines is 1. The van der Waals surface area contributed by atoms with Crippen molar-refractivity contribution in [3.05, 3.63) is 54.4 Å². The second kappa shape index (κ2) is 7.80. The smallest absolute Gasteiger partial charge is 0.227 e. The molecule has 1 saturated heterocycles. The number of H-pyrrole nitrogens is 1. The highest BCUT2D eigenvalue weighted by Gasteiger charge is 2.25. The zero-order chi connectivity index (χ0) is 18.6. The monoisotopic (exact) mass is 364 g/mol. The highest BCUT2D eigenvalue weighted by Crippen LogP contribution is 2.22. The van der Waals surface area contributed by atoms with Crippen LogP contribution in [0.3, 0.4) is 0 Å². The molecule has 6 heteroatoms. The van der Waals surface area contributed by atoms with Gasteiger partial charge in [-0.2, -0.15) is 0 Å². The molecule has 0 atom stereocenters. The van der Waals surface area contributed by atoms with Gasteiger partial charge in [-0.15, -0.1) is 0 Å². The van der Waals surface area contributed by atoms with E-state index in [1.54, 1.807) is 7.11 Å². The van der Waals surface area contributed by atoms with Gasteiger partial charge in [0.2, 0.25) is 5.91 Å². The first-order valence-electron chi connectivity index (χ1n) is 9.32. The number of hydrogen-bond donors (Lipinski definition) is 2. The lowest BCUT2D eigenvalue weighted by atomic mass is 9.96. The summed E-state index contributed by atoms with van der Waals surface area (Å²) in [7, 11) is 1.63. The summed E-state index contributed by atoms with van der Waals surface area (Å²) in [5.41, 5.74) is 2.88. The number of benzene rings is 2. The zero-order valence-corrected chi connectivity index (χ0v) is 15.4. The number of carbonyl (C=O) groups excluding carboxylic acids is 1. The third-order valence-electron chi connectivity index (χ3n) is 5.13. The number of aromatic nitrogens is 2. The quantitative estimate of drug-likeness (QED) is 0.728. The van der Waals surface area contributed by atoms with Crippen LogP contribution in [-0.4, -0.2) is 41.0 Å². The molecule has 1 fully saturated rings. The number of imidazole rings is 1. The average Bonchev–Trinajstić information content (AvgIpc) is 3.11. The molecule has 27 heavy (non-hydrogen) atoms. The summed E-state index contributed by atoms with van der Waals surface area (Å²) in [5, 5.41) is 3.01. The number of hydrogen-bond acceptors (Lipinski definition) is 4. The zero-order valence-electron chi connectivity index (χ0n) is 15.4. The predicted molar refractivity (Wildman–Crippen MR) is 106 cm³/mol. The van der Waals surface area contributed by atoms with Gasteiger partial charge in [0.05, 0.1) is 24.7 Å². The normalized spacial score (nSPS) is 15.7. The van der Waals surface area contributed by atoms with Gasteiger partial charge in [0, 0.05) is 11.6 Å². The maximum absolute atomic E-state index is 12.5. The summed E-state index contributed by atoms with van der Waals surface area (Å²) in [6, 6.07) is 15.5. The molecule has 140 valence electrons. The minimum absolute atomic E-state index is 0.0547. The molecule has 1 aliphatic heterocycles. The van der Waals surface area contributed by atoms with Crippen molar-refractivity contribution in [3.8, 4) is 5.75 Å². The first kappa shape index (κ1) is 17.5. The highest BCUT2D eigenvalue weighted by atomic mass is 16.5. The van der Waals surface area contributed by atoms with Crippen molar-refractivity contribution in [2.24, 2.45) is 5.92 Å². The van der Waals surface area contributed by atoms with Crippen molar-refractivity contribution in [2.75, 3.05) is 25.5 Å². The van der Waals surface area contributed by atoms with Gasteiger partial charge < -0.3 is 15.0 Å². The van der Waals surface area contributed by atoms with E-state index < -0.39 is 0 Å². The van der Waals surface area contributed by atoms with Crippen molar-refractivity contribution >= 4 is 22.6 Å². The number of nitrogens with zero attached hydrogens (tertiary/aromatic N) is 2. The van der Waals surface area contributed by atoms with Gasteiger partial charge in [-0.05, 0) is 62.3 Å². The molecule has 6 nitrogen and oxygen atoms in total. The summed E-state index contributed by atoms with van der Waals surface area (Å²) in [6.07, 6.45) is 1.73. The van der Waals surface area contributed by atoms with Crippen molar-refractivity contribution < 1.29 is 9.53 Å². The van der Waals surface area contributed by atoms with Crippen LogP contribution in [0.1, 0.15) is 18.7 Å². The van der Waals surface area contributed by atoms with E-state index in [2.05, 4.69) is 20.2 Å². The lowest BCUT2D eigenvalue weighted by molar-refractivity contribution is -0.121. The maximum atomic E-state index is 12.5. The summed E-state index contributed by atoms with van der Waals surface area (Å²) in [5.74, 6) is 1.92. The molecule has 3 aromatic rings. The second-order valence-corrected chi connectivity index (χ2v) is 6.97. The van der Waals surface area contributed by atoms with Gasteiger partial charge in [-0.25, -0.2) is 4.98 Å². The van der Waals surface area contributed by atoms with Gasteiger partial charge in [-0.1, -0.05) is 12.1 Å². The second-order valence-electron chi connectivity index (χ2n) is 6.97. The van der Waals surface area contributed by atoms with E-state index in [-0.39, 0.29) is 11.8 Å². The van der Waals surface area contributed by atoms with E-state index in [1.807, 2.05) is 48.5 Å². The molecule has 0 spiro atoms. The number of fused-ring (bicyclic) bond motifs is 1. The molecule has 1 aromatic heterocycles. The molecule has 0 saturated carbocycles. The Labute approximate surface area is 158 Å². The molecule has 2 N–H and O–H groups in total. The SMILES string of the molecule is COc1ccc(NC(=O)C2CCN(Cc3nc4ccccc4[nH]3)CC2)cc1. The number of para-hydroxylation sites is 2. The van der Waals surface area contributed by atoms with Crippen LogP contribution < -0.4 is 10.1 Å². The molecule has 0 unspecified atom stereocenters. The van der Waals surface area contributed by atoms with Crippen LogP contribution in [0.4, 0.5) is 5.69 Å². The largest absolute Gasteiger partial charge is 0.497 e. The fourth-order valence-corrected chi connectivity index (χ4v) is 3.56. The fourth-order valence-electron chi connectivity index (χ4n) is 3.56. The van der Waals surface area contributed by atoms with Crippen LogP contribution in [-0.2, 0) is 11.3 Å². The summed E-state index contributed by atoms with van der Waals surface area (Å²) in [4.78, 5) is 22.9. The Hall–Kier alpha value is -2.86. The Kier molecular flexibility index (Phi) is 5.07. The van der Waals surface area contributed by atoms with Crippen LogP contribution in [0.25, 0.3) is 11.0 Å². The van der Waals surface area contributed by atoms with Crippen LogP contribution in [0.2, 0.25) is 0 Å². The third kappa shape index (κ3) is 4.11. The number of nitrogens with one attached hydrogen (secondary N) is 2. The number of carbonyl (C=O) groups is 1. The van der Waals surface area contributed by atoms with Crippen molar-refractivity contribution in [2.45, 2.75) is 19.4 Å². The number of methoxy groups -OCH3 is 1. The maximum Gasteiger partial charge on any atom is 0.227 e. The summed E-state index contributed by atoms with van der Waals surface area (Å²) < 4.78 is 5.14. The van der Waals surface area contributed by atoms with Crippen LogP contribution >= 0.6 is 0 Å². The Morgan fingerprint density at radius 1 is 1.19 bits per heavy atom. The molecule has 2 aromatic carbocycles. The minimum Gasteiger partial charge on any atom is -0.497 e. The Morgan fingerprint density at radius 2 is 1.93 bits per heavy atom. The summed E-state index contributed by atoms with van der Waals surface area (Å²) >= 11 is 0. The Morgan fingerprint density at radius 3 is 2.63 bits per heavy atom. The molecule has 1 amide bonds. The van der Waals surface area contributed by atoms with E-state index in [1.165, 1.54) is 0 Å². The molecule has 4 rings (SSSR count). The van der Waals surface area contributed by atoms with Gasteiger partial charge in [-0.3, -0.25) is 9.69 Å². The van der Waals surface area contributed by atoms with Gasteiger partial charge in [0.15, 0.2) is 0 Å². The first-order valence-corrected chi connectivity index (χ1v) is 9.32. The molecule has 0 aliphatic carbocycles. The standard InChI is InChI=1S/C21H24N4O2/c1-27-17-8-6-16(7-9-17)22-21(26)15-10-12-25(13-11-15)14-20-23-18-4-2-3-5-19(18)24-20/h2-9,15H,10-14H2,1H3,(H,22,26)(H,23,24). The average molecular weight is 364 g/mol. The number of ether oxygens (including phenoxy) is 1. The lowest BCUT2D eigenvalue weighted by Gasteiger charge is -2.30. The van der Waals surface area contributed by atoms with Crippen molar-refractivity contribution in [3.63, 3.8) is 0 Å². The molecule has 2 heterocycles. The molecule has 1 aliphatic rings.